The average Bonchev–Trinajstić information content (AvgIpc) is 2.96. The molecule has 0 aliphatic heterocycles. The van der Waals surface area contributed by atoms with Crippen molar-refractivity contribution in [3.05, 3.63) is 0 Å². The van der Waals surface area contributed by atoms with E-state index in [9.17, 15) is 0 Å². The van der Waals surface area contributed by atoms with Gasteiger partial charge < -0.3 is 42.9 Å². The third kappa shape index (κ3) is 57.2. The topological polar surface area (TPSA) is 0 Å². The van der Waals surface area contributed by atoms with Gasteiger partial charge in [-0.2, -0.15) is 0 Å². The Morgan fingerprint density at radius 1 is 0.217 bits per heavy atom. The third-order valence-electron chi connectivity index (χ3n) is 9.36. The van der Waals surface area contributed by atoms with Gasteiger partial charge in [-0.3, -0.25) is 0 Å². The summed E-state index contributed by atoms with van der Waals surface area (Å²) in [5.41, 5.74) is 0. The molecule has 0 saturated carbocycles. The van der Waals surface area contributed by atoms with E-state index in [1.54, 1.807) is 0 Å². The van der Waals surface area contributed by atoms with Gasteiger partial charge in [0.05, 0.1) is 55.4 Å². The van der Waals surface area contributed by atoms with Crippen LogP contribution in [-0.2, 0) is 0 Å². The second-order valence-corrected chi connectivity index (χ2v) is 16.6. The molecule has 0 amide bonds. The number of halogens is 2. The summed E-state index contributed by atoms with van der Waals surface area (Å²) in [5.74, 6) is 0. The van der Waals surface area contributed by atoms with E-state index in [2.05, 4.69) is 56.1 Å². The Kier molecular flexibility index (Phi) is 49.1. The molecule has 0 atom stereocenters. The van der Waals surface area contributed by atoms with Crippen LogP contribution in [-0.4, -0.2) is 64.3 Å². The lowest BCUT2D eigenvalue weighted by Gasteiger charge is -2.23. The van der Waals surface area contributed by atoms with Crippen molar-refractivity contribution in [1.82, 2.24) is 0 Å². The first-order valence-electron chi connectivity index (χ1n) is 20.7. The summed E-state index contributed by atoms with van der Waals surface area (Å²) >= 11 is 0. The van der Waals surface area contributed by atoms with Crippen LogP contribution in [0.3, 0.4) is 0 Å². The molecule has 0 rings (SSSR count). The van der Waals surface area contributed by atoms with Crippen LogP contribution < -0.4 is 34.0 Å². The van der Waals surface area contributed by atoms with Crippen molar-refractivity contribution in [1.29, 1.82) is 0 Å². The normalized spacial score (nSPS) is 11.5. The largest absolute Gasteiger partial charge is 1.00 e. The Hall–Kier alpha value is 0.880. The first-order chi connectivity index (χ1) is 21.1. The summed E-state index contributed by atoms with van der Waals surface area (Å²) in [5, 5.41) is 0. The van der Waals surface area contributed by atoms with Crippen LogP contribution in [0.4, 0.5) is 0 Å². The van der Waals surface area contributed by atoms with Gasteiger partial charge in [-0.25, -0.2) is 0 Å². The Bertz CT molecular complexity index is 467. The molecule has 0 radical (unpaired) electrons. The molecule has 0 saturated heterocycles. The monoisotopic (exact) mass is 783 g/mol. The lowest BCUT2D eigenvalue weighted by molar-refractivity contribution is -0.870. The highest BCUT2D eigenvalue weighted by atomic mass is 79.9. The van der Waals surface area contributed by atoms with Crippen LogP contribution in [0.5, 0.6) is 0 Å². The zero-order valence-electron chi connectivity index (χ0n) is 33.7. The summed E-state index contributed by atoms with van der Waals surface area (Å²) in [6.07, 6.45) is 46.7. The van der Waals surface area contributed by atoms with Crippen molar-refractivity contribution in [2.24, 2.45) is 0 Å². The minimum atomic E-state index is 0. The van der Waals surface area contributed by atoms with Crippen LogP contribution in [0.1, 0.15) is 219 Å². The molecule has 2 nitrogen and oxygen atoms in total. The van der Waals surface area contributed by atoms with E-state index < -0.39 is 0 Å². The van der Waals surface area contributed by atoms with Crippen molar-refractivity contribution < 1.29 is 42.9 Å². The number of nitrogens with zero attached hydrogens (tertiary/aromatic N) is 2. The number of unbranched alkanes of at least 4 members (excludes halogenated alkanes) is 30. The van der Waals surface area contributed by atoms with Crippen molar-refractivity contribution >= 4 is 0 Å². The average molecular weight is 785 g/mol. The minimum absolute atomic E-state index is 0. The van der Waals surface area contributed by atoms with E-state index >= 15 is 0 Å². The molecule has 0 fully saturated rings. The van der Waals surface area contributed by atoms with Gasteiger partial charge in [0.25, 0.3) is 0 Å². The predicted molar refractivity (Wildman–Crippen MR) is 205 cm³/mol. The fourth-order valence-electron chi connectivity index (χ4n) is 6.27. The quantitative estimate of drug-likeness (QED) is 0.0460. The molecular weight excluding hydrogens is 692 g/mol. The molecule has 46 heavy (non-hydrogen) atoms. The van der Waals surface area contributed by atoms with Gasteiger partial charge in [-0.15, -0.1) is 0 Å². The first kappa shape index (κ1) is 53.7. The Labute approximate surface area is 316 Å². The van der Waals surface area contributed by atoms with Crippen molar-refractivity contribution in [3.63, 3.8) is 0 Å². The van der Waals surface area contributed by atoms with Crippen molar-refractivity contribution in [3.8, 4) is 0 Å². The standard InChI is InChI=1S/2C21H46N.2BrH/c2*1-5-6-7-8-9-10-11-12-13-14-15-16-17-18-19-20-21-22(2,3)4;;/h2*5-21H2,1-4H3;2*1H/q2*+1;;/p-2. The molecule has 0 aromatic carbocycles. The lowest BCUT2D eigenvalue weighted by Crippen LogP contribution is -3.00. The summed E-state index contributed by atoms with van der Waals surface area (Å²) in [4.78, 5) is 0. The zero-order valence-corrected chi connectivity index (χ0v) is 36.9. The predicted octanol–water partition coefficient (Wildman–Crippen LogP) is 7.92. The summed E-state index contributed by atoms with van der Waals surface area (Å²) in [6.45, 7) is 7.26. The van der Waals surface area contributed by atoms with Crippen LogP contribution in [0.25, 0.3) is 0 Å². The second kappa shape index (κ2) is 42.0. The lowest BCUT2D eigenvalue weighted by atomic mass is 10.0. The number of quaternary nitrogens is 2. The number of hydrogen-bond acceptors (Lipinski definition) is 0. The highest BCUT2D eigenvalue weighted by molar-refractivity contribution is 4.51. The van der Waals surface area contributed by atoms with E-state index in [0.29, 0.717) is 0 Å². The molecule has 0 aliphatic carbocycles. The Balaban J connectivity index is -0.000000367. The maximum Gasteiger partial charge on any atom is 0.0780 e. The molecule has 0 unspecified atom stereocenters. The van der Waals surface area contributed by atoms with Gasteiger partial charge in [0.15, 0.2) is 0 Å². The summed E-state index contributed by atoms with van der Waals surface area (Å²) in [6, 6.07) is 0. The second-order valence-electron chi connectivity index (χ2n) is 16.6. The van der Waals surface area contributed by atoms with E-state index in [1.807, 2.05) is 0 Å². The minimum Gasteiger partial charge on any atom is -1.00 e. The van der Waals surface area contributed by atoms with Gasteiger partial charge in [-0.05, 0) is 25.7 Å². The van der Waals surface area contributed by atoms with E-state index in [1.165, 1.54) is 219 Å². The summed E-state index contributed by atoms with van der Waals surface area (Å²) in [7, 11) is 13.8. The van der Waals surface area contributed by atoms with E-state index in [0.717, 1.165) is 8.97 Å². The fourth-order valence-corrected chi connectivity index (χ4v) is 6.27. The molecule has 0 heterocycles. The van der Waals surface area contributed by atoms with E-state index in [4.69, 9.17) is 0 Å². The molecule has 0 spiro atoms. The molecule has 0 bridgehead atoms. The molecule has 0 aromatic heterocycles. The zero-order chi connectivity index (χ0) is 33.0. The van der Waals surface area contributed by atoms with Gasteiger partial charge >= 0.3 is 0 Å². The van der Waals surface area contributed by atoms with Gasteiger partial charge in [0.1, 0.15) is 0 Å². The Morgan fingerprint density at radius 3 is 0.478 bits per heavy atom. The molecule has 0 aromatic rings. The maximum absolute atomic E-state index is 2.30. The Morgan fingerprint density at radius 2 is 0.348 bits per heavy atom. The van der Waals surface area contributed by atoms with Crippen molar-refractivity contribution in [2.75, 3.05) is 55.4 Å². The van der Waals surface area contributed by atoms with Crippen LogP contribution >= 0.6 is 0 Å². The number of rotatable bonds is 34. The van der Waals surface area contributed by atoms with Crippen LogP contribution in [0.15, 0.2) is 0 Å². The van der Waals surface area contributed by atoms with Gasteiger partial charge in [-0.1, -0.05) is 194 Å². The maximum atomic E-state index is 2.30. The number of hydrogen-bond donors (Lipinski definition) is 0. The van der Waals surface area contributed by atoms with Crippen LogP contribution in [0, 0.1) is 0 Å². The molecule has 0 N–H and O–H groups in total. The molecule has 0 aliphatic rings. The molecule has 4 heteroatoms. The van der Waals surface area contributed by atoms with E-state index in [-0.39, 0.29) is 34.0 Å². The SMILES string of the molecule is CCCCCCCCCCCCCCCCCC[N+](C)(C)C.CCCCCCCCCCCCCCCCCC[N+](C)(C)C.[Br-].[Br-]. The van der Waals surface area contributed by atoms with Crippen molar-refractivity contribution in [2.45, 2.75) is 219 Å². The van der Waals surface area contributed by atoms with Crippen LogP contribution in [0.2, 0.25) is 0 Å². The highest BCUT2D eigenvalue weighted by Gasteiger charge is 2.06. The molecule has 284 valence electrons. The van der Waals surface area contributed by atoms with Gasteiger partial charge in [0.2, 0.25) is 0 Å². The fraction of sp³-hybridized carbons (Fsp3) is 1.00. The van der Waals surface area contributed by atoms with Gasteiger partial charge in [0, 0.05) is 0 Å². The smallest absolute Gasteiger partial charge is 0.0780 e. The highest BCUT2D eigenvalue weighted by Crippen LogP contribution is 2.15. The summed E-state index contributed by atoms with van der Waals surface area (Å²) < 4.78 is 2.25. The molecular formula is C42H92Br2N2. The first-order valence-corrected chi connectivity index (χ1v) is 20.7. The third-order valence-corrected chi connectivity index (χ3v) is 9.36.